The third kappa shape index (κ3) is 5.00. The summed E-state index contributed by atoms with van der Waals surface area (Å²) in [5, 5.41) is 22.1. The SMILES string of the molecule is Cc1ccc(OCC(=O)N2CCN(S(=O)(=O)c3cccc([N+](=O)[O-])c3)CC2)c([N+](=O)[O-])c1. The van der Waals surface area contributed by atoms with Gasteiger partial charge in [0.2, 0.25) is 10.0 Å². The third-order valence-corrected chi connectivity index (χ3v) is 6.81. The van der Waals surface area contributed by atoms with Gasteiger partial charge in [-0.15, -0.1) is 0 Å². The number of benzene rings is 2. The summed E-state index contributed by atoms with van der Waals surface area (Å²) < 4.78 is 32.1. The molecule has 3 rings (SSSR count). The number of nitrogens with zero attached hydrogens (tertiary/aromatic N) is 4. The van der Waals surface area contributed by atoms with Gasteiger partial charge in [0.05, 0.1) is 14.7 Å². The summed E-state index contributed by atoms with van der Waals surface area (Å²) in [5.41, 5.74) is 0.101. The first-order chi connectivity index (χ1) is 15.1. The minimum atomic E-state index is -3.96. The van der Waals surface area contributed by atoms with Crippen LogP contribution >= 0.6 is 0 Å². The minimum absolute atomic E-state index is 0.00143. The number of non-ortho nitro benzene ring substituents is 1. The lowest BCUT2D eigenvalue weighted by molar-refractivity contribution is -0.385. The second kappa shape index (κ2) is 9.28. The number of nitro benzene ring substituents is 2. The van der Waals surface area contributed by atoms with Crippen LogP contribution in [-0.4, -0.2) is 66.2 Å². The number of sulfonamides is 1. The normalized spacial score (nSPS) is 14.7. The summed E-state index contributed by atoms with van der Waals surface area (Å²) in [5.74, 6) is -0.465. The van der Waals surface area contributed by atoms with Crippen molar-refractivity contribution in [1.82, 2.24) is 9.21 Å². The highest BCUT2D eigenvalue weighted by atomic mass is 32.2. The van der Waals surface area contributed by atoms with Crippen molar-refractivity contribution in [2.75, 3.05) is 32.8 Å². The molecule has 0 spiro atoms. The van der Waals surface area contributed by atoms with E-state index >= 15 is 0 Å². The first-order valence-electron chi connectivity index (χ1n) is 9.50. The van der Waals surface area contributed by atoms with Gasteiger partial charge in [0.15, 0.2) is 12.4 Å². The van der Waals surface area contributed by atoms with E-state index in [1.165, 1.54) is 35.2 Å². The lowest BCUT2D eigenvalue weighted by Gasteiger charge is -2.33. The first-order valence-corrected chi connectivity index (χ1v) is 10.9. The van der Waals surface area contributed by atoms with Gasteiger partial charge in [0, 0.05) is 44.4 Å². The maximum atomic E-state index is 12.8. The Balaban J connectivity index is 1.61. The predicted octanol–water partition coefficient (Wildman–Crippen LogP) is 1.72. The molecule has 2 aromatic carbocycles. The Morgan fingerprint density at radius 2 is 1.72 bits per heavy atom. The molecule has 1 aliphatic rings. The third-order valence-electron chi connectivity index (χ3n) is 4.92. The molecule has 0 saturated carbocycles. The summed E-state index contributed by atoms with van der Waals surface area (Å²) >= 11 is 0. The van der Waals surface area contributed by atoms with Crippen LogP contribution in [0.1, 0.15) is 5.56 Å². The lowest BCUT2D eigenvalue weighted by Crippen LogP contribution is -2.51. The minimum Gasteiger partial charge on any atom is -0.477 e. The van der Waals surface area contributed by atoms with Crippen LogP contribution in [0.25, 0.3) is 0 Å². The molecule has 0 radical (unpaired) electrons. The molecule has 0 N–H and O–H groups in total. The van der Waals surface area contributed by atoms with Gasteiger partial charge in [0.25, 0.3) is 11.6 Å². The molecule has 0 aromatic heterocycles. The fraction of sp³-hybridized carbons (Fsp3) is 0.316. The van der Waals surface area contributed by atoms with E-state index in [4.69, 9.17) is 4.74 Å². The Hall–Kier alpha value is -3.58. The van der Waals surface area contributed by atoms with Crippen LogP contribution in [0.2, 0.25) is 0 Å². The number of hydrogen-bond donors (Lipinski definition) is 0. The number of amides is 1. The molecule has 0 aliphatic carbocycles. The number of aryl methyl sites for hydroxylation is 1. The van der Waals surface area contributed by atoms with E-state index < -0.39 is 32.4 Å². The van der Waals surface area contributed by atoms with Crippen LogP contribution in [0.4, 0.5) is 11.4 Å². The van der Waals surface area contributed by atoms with E-state index in [9.17, 15) is 33.4 Å². The molecule has 13 heteroatoms. The Morgan fingerprint density at radius 1 is 1.03 bits per heavy atom. The number of nitro groups is 2. The maximum absolute atomic E-state index is 12.8. The van der Waals surface area contributed by atoms with Crippen LogP contribution in [0, 0.1) is 27.2 Å². The van der Waals surface area contributed by atoms with Gasteiger partial charge < -0.3 is 9.64 Å². The van der Waals surface area contributed by atoms with Crippen molar-refractivity contribution in [2.24, 2.45) is 0 Å². The van der Waals surface area contributed by atoms with Gasteiger partial charge >= 0.3 is 5.69 Å². The zero-order valence-corrected chi connectivity index (χ0v) is 17.9. The van der Waals surface area contributed by atoms with Crippen molar-refractivity contribution in [3.63, 3.8) is 0 Å². The molecule has 170 valence electrons. The molecular weight excluding hydrogens is 444 g/mol. The summed E-state index contributed by atoms with van der Waals surface area (Å²) in [6.45, 7) is 1.45. The van der Waals surface area contributed by atoms with Crippen LogP contribution in [0.15, 0.2) is 47.4 Å². The summed E-state index contributed by atoms with van der Waals surface area (Å²) in [6, 6.07) is 9.17. The Kier molecular flexibility index (Phi) is 6.69. The second-order valence-corrected chi connectivity index (χ2v) is 8.99. The topological polar surface area (TPSA) is 153 Å². The molecule has 1 saturated heterocycles. The first kappa shape index (κ1) is 23.1. The number of carbonyl (C=O) groups excluding carboxylic acids is 1. The number of carbonyl (C=O) groups is 1. The van der Waals surface area contributed by atoms with Crippen LogP contribution in [0.3, 0.4) is 0 Å². The highest BCUT2D eigenvalue weighted by Gasteiger charge is 2.31. The average Bonchev–Trinajstić information content (AvgIpc) is 2.78. The summed E-state index contributed by atoms with van der Waals surface area (Å²) in [6.07, 6.45) is 0. The quantitative estimate of drug-likeness (QED) is 0.443. The highest BCUT2D eigenvalue weighted by Crippen LogP contribution is 2.28. The summed E-state index contributed by atoms with van der Waals surface area (Å²) in [7, 11) is -3.96. The van der Waals surface area contributed by atoms with Gasteiger partial charge in [-0.1, -0.05) is 12.1 Å². The monoisotopic (exact) mass is 464 g/mol. The molecule has 1 amide bonds. The number of hydrogen-bond acceptors (Lipinski definition) is 8. The van der Waals surface area contributed by atoms with Crippen molar-refractivity contribution in [3.8, 4) is 5.75 Å². The molecule has 12 nitrogen and oxygen atoms in total. The van der Waals surface area contributed by atoms with Gasteiger partial charge in [0.1, 0.15) is 0 Å². The van der Waals surface area contributed by atoms with E-state index in [1.807, 2.05) is 0 Å². The molecule has 1 aliphatic heterocycles. The molecule has 0 atom stereocenters. The zero-order chi connectivity index (χ0) is 23.5. The number of rotatable bonds is 7. The second-order valence-electron chi connectivity index (χ2n) is 7.06. The van der Waals surface area contributed by atoms with Crippen molar-refractivity contribution < 1.29 is 27.8 Å². The number of piperazine rings is 1. The van der Waals surface area contributed by atoms with Crippen molar-refractivity contribution in [1.29, 1.82) is 0 Å². The zero-order valence-electron chi connectivity index (χ0n) is 17.0. The van der Waals surface area contributed by atoms with Crippen molar-refractivity contribution in [2.45, 2.75) is 11.8 Å². The molecular formula is C19H20N4O8S. The Bertz CT molecular complexity index is 1160. The van der Waals surface area contributed by atoms with Gasteiger partial charge in [-0.2, -0.15) is 4.31 Å². The average molecular weight is 464 g/mol. The smallest absolute Gasteiger partial charge is 0.311 e. The van der Waals surface area contributed by atoms with Gasteiger partial charge in [-0.05, 0) is 24.6 Å². The molecule has 1 fully saturated rings. The molecule has 2 aromatic rings. The molecule has 0 bridgehead atoms. The Labute approximate surface area is 183 Å². The van der Waals surface area contributed by atoms with E-state index in [2.05, 4.69) is 0 Å². The number of ether oxygens (including phenoxy) is 1. The molecule has 1 heterocycles. The van der Waals surface area contributed by atoms with Crippen LogP contribution in [-0.2, 0) is 14.8 Å². The van der Waals surface area contributed by atoms with Gasteiger partial charge in [-0.25, -0.2) is 8.42 Å². The largest absolute Gasteiger partial charge is 0.477 e. The molecule has 32 heavy (non-hydrogen) atoms. The predicted molar refractivity (Wildman–Crippen MR) is 112 cm³/mol. The molecule has 0 unspecified atom stereocenters. The lowest BCUT2D eigenvalue weighted by atomic mass is 10.2. The van der Waals surface area contributed by atoms with E-state index in [0.29, 0.717) is 5.56 Å². The summed E-state index contributed by atoms with van der Waals surface area (Å²) in [4.78, 5) is 34.5. The van der Waals surface area contributed by atoms with Crippen LogP contribution < -0.4 is 4.74 Å². The van der Waals surface area contributed by atoms with Gasteiger partial charge in [-0.3, -0.25) is 25.0 Å². The fourth-order valence-corrected chi connectivity index (χ4v) is 4.67. The van der Waals surface area contributed by atoms with Crippen LogP contribution in [0.5, 0.6) is 5.75 Å². The maximum Gasteiger partial charge on any atom is 0.311 e. The fourth-order valence-electron chi connectivity index (χ4n) is 3.21. The van der Waals surface area contributed by atoms with E-state index in [1.54, 1.807) is 13.0 Å². The van der Waals surface area contributed by atoms with E-state index in [0.717, 1.165) is 10.4 Å². The highest BCUT2D eigenvalue weighted by molar-refractivity contribution is 7.89. The van der Waals surface area contributed by atoms with Crippen molar-refractivity contribution >= 4 is 27.3 Å². The standard InChI is InChI=1S/C19H20N4O8S/c1-14-5-6-18(17(11-14)23(27)28)31-13-19(24)20-7-9-21(10-8-20)32(29,30)16-4-2-3-15(12-16)22(25)26/h2-6,11-12H,7-10,13H2,1H3. The Morgan fingerprint density at radius 3 is 2.34 bits per heavy atom. The van der Waals surface area contributed by atoms with Crippen molar-refractivity contribution in [3.05, 3.63) is 68.3 Å². The van der Waals surface area contributed by atoms with E-state index in [-0.39, 0.29) is 48.2 Å².